The Morgan fingerprint density at radius 1 is 1.22 bits per heavy atom. The first kappa shape index (κ1) is 22.9. The van der Waals surface area contributed by atoms with Gasteiger partial charge in [0, 0.05) is 32.2 Å². The minimum atomic E-state index is -0.485. The number of hydrogen-bond donors (Lipinski definition) is 3. The number of nitrogens with one attached hydrogen (secondary N) is 2. The van der Waals surface area contributed by atoms with Crippen LogP contribution in [-0.2, 0) is 9.47 Å². The zero-order valence-corrected chi connectivity index (χ0v) is 17.0. The first-order valence-electron chi connectivity index (χ1n) is 9.66. The van der Waals surface area contributed by atoms with Crippen LogP contribution in [0.1, 0.15) is 53.4 Å². The second-order valence-electron chi connectivity index (χ2n) is 7.51. The van der Waals surface area contributed by atoms with E-state index in [0.29, 0.717) is 38.7 Å². The third-order valence-corrected chi connectivity index (χ3v) is 3.91. The molecule has 0 aromatic heterocycles. The van der Waals surface area contributed by atoms with Gasteiger partial charge in [-0.2, -0.15) is 0 Å². The molecule has 1 aliphatic rings. The van der Waals surface area contributed by atoms with E-state index in [4.69, 9.17) is 15.2 Å². The van der Waals surface area contributed by atoms with E-state index in [2.05, 4.69) is 15.6 Å². The molecule has 0 aliphatic carbocycles. The van der Waals surface area contributed by atoms with Gasteiger partial charge in [-0.05, 0) is 53.4 Å². The minimum absolute atomic E-state index is 0.216. The molecule has 0 aromatic carbocycles. The molecule has 1 fully saturated rings. The van der Waals surface area contributed by atoms with Gasteiger partial charge in [0.25, 0.3) is 0 Å². The fraction of sp³-hybridized carbons (Fsp3) is 0.833. The number of rotatable bonds is 7. The summed E-state index contributed by atoms with van der Waals surface area (Å²) in [6.07, 6.45) is 2.59. The van der Waals surface area contributed by atoms with Crippen LogP contribution in [0.2, 0.25) is 0 Å². The number of amides is 2. The molecular formula is C18H35N5O4. The Hall–Kier alpha value is -2.19. The van der Waals surface area contributed by atoms with Crippen LogP contribution < -0.4 is 16.4 Å². The monoisotopic (exact) mass is 385 g/mol. The van der Waals surface area contributed by atoms with Crippen LogP contribution in [0.4, 0.5) is 9.59 Å². The van der Waals surface area contributed by atoms with Crippen LogP contribution in [0.25, 0.3) is 0 Å². The van der Waals surface area contributed by atoms with Gasteiger partial charge in [0.05, 0.1) is 6.61 Å². The van der Waals surface area contributed by atoms with E-state index >= 15 is 0 Å². The zero-order valence-electron chi connectivity index (χ0n) is 17.0. The number of likely N-dealkylation sites (tertiary alicyclic amines) is 1. The van der Waals surface area contributed by atoms with E-state index in [1.54, 1.807) is 11.8 Å². The van der Waals surface area contributed by atoms with Gasteiger partial charge in [-0.15, -0.1) is 0 Å². The topological polar surface area (TPSA) is 118 Å². The molecule has 27 heavy (non-hydrogen) atoms. The molecule has 1 aliphatic heterocycles. The summed E-state index contributed by atoms with van der Waals surface area (Å²) in [7, 11) is 0. The molecule has 0 spiro atoms. The number of piperidine rings is 1. The zero-order chi connectivity index (χ0) is 20.3. The fourth-order valence-electron chi connectivity index (χ4n) is 2.62. The van der Waals surface area contributed by atoms with Crippen LogP contribution in [0.15, 0.2) is 4.99 Å². The molecule has 4 N–H and O–H groups in total. The maximum absolute atomic E-state index is 11.7. The van der Waals surface area contributed by atoms with E-state index < -0.39 is 11.7 Å². The first-order chi connectivity index (χ1) is 12.7. The molecule has 1 saturated heterocycles. The molecule has 1 rings (SSSR count). The maximum Gasteiger partial charge on any atom is 0.409 e. The lowest BCUT2D eigenvalue weighted by atomic mass is 10.1. The summed E-state index contributed by atoms with van der Waals surface area (Å²) in [4.78, 5) is 29.2. The van der Waals surface area contributed by atoms with Gasteiger partial charge in [0.2, 0.25) is 0 Å². The first-order valence-corrected chi connectivity index (χ1v) is 9.66. The minimum Gasteiger partial charge on any atom is -0.450 e. The standard InChI is InChI=1S/C18H35N5O4/c1-5-26-17(25)23-12-8-14(9-13-23)22-15(19)20-10-6-7-11-21-16(24)27-18(2,3)4/h14H,5-13H2,1-4H3,(H,21,24)(H3,19,20,22). The Labute approximate surface area is 162 Å². The molecule has 1 heterocycles. The number of nitrogens with two attached hydrogens (primary N) is 1. The molecule has 0 atom stereocenters. The molecule has 9 nitrogen and oxygen atoms in total. The summed E-state index contributed by atoms with van der Waals surface area (Å²) in [6.45, 7) is 10.1. The van der Waals surface area contributed by atoms with Crippen LogP contribution in [0.3, 0.4) is 0 Å². The maximum atomic E-state index is 11.7. The van der Waals surface area contributed by atoms with Crippen LogP contribution >= 0.6 is 0 Å². The van der Waals surface area contributed by atoms with Gasteiger partial charge in [0.1, 0.15) is 5.60 Å². The third kappa shape index (κ3) is 10.5. The van der Waals surface area contributed by atoms with Crippen molar-refractivity contribution in [3.05, 3.63) is 0 Å². The largest absolute Gasteiger partial charge is 0.450 e. The average Bonchev–Trinajstić information content (AvgIpc) is 2.57. The lowest BCUT2D eigenvalue weighted by molar-refractivity contribution is 0.0527. The Morgan fingerprint density at radius 3 is 2.48 bits per heavy atom. The van der Waals surface area contributed by atoms with Crippen molar-refractivity contribution in [2.75, 3.05) is 32.8 Å². The Bertz CT molecular complexity index is 496. The van der Waals surface area contributed by atoms with Gasteiger partial charge in [0.15, 0.2) is 5.96 Å². The summed E-state index contributed by atoms with van der Waals surface area (Å²) >= 11 is 0. The average molecular weight is 386 g/mol. The number of guanidine groups is 1. The van der Waals surface area contributed by atoms with Gasteiger partial charge in [-0.1, -0.05) is 0 Å². The summed E-state index contributed by atoms with van der Waals surface area (Å²) < 4.78 is 10.2. The van der Waals surface area contributed by atoms with E-state index in [-0.39, 0.29) is 12.1 Å². The van der Waals surface area contributed by atoms with E-state index in [9.17, 15) is 9.59 Å². The van der Waals surface area contributed by atoms with Crippen molar-refractivity contribution in [3.8, 4) is 0 Å². The molecule has 0 unspecified atom stereocenters. The van der Waals surface area contributed by atoms with Crippen LogP contribution in [0.5, 0.6) is 0 Å². The van der Waals surface area contributed by atoms with E-state index in [1.807, 2.05) is 20.8 Å². The molecule has 9 heteroatoms. The highest BCUT2D eigenvalue weighted by Gasteiger charge is 2.23. The highest BCUT2D eigenvalue weighted by atomic mass is 16.6. The van der Waals surface area contributed by atoms with Crippen molar-refractivity contribution in [3.63, 3.8) is 0 Å². The molecule has 0 bridgehead atoms. The summed E-state index contributed by atoms with van der Waals surface area (Å²) in [5, 5.41) is 5.92. The van der Waals surface area contributed by atoms with Crippen molar-refractivity contribution >= 4 is 18.1 Å². The fourth-order valence-corrected chi connectivity index (χ4v) is 2.62. The molecular weight excluding hydrogens is 350 g/mol. The number of nitrogens with zero attached hydrogens (tertiary/aromatic N) is 2. The molecule has 2 amide bonds. The normalized spacial score (nSPS) is 16.0. The highest BCUT2D eigenvalue weighted by Crippen LogP contribution is 2.11. The quantitative estimate of drug-likeness (QED) is 0.349. The lowest BCUT2D eigenvalue weighted by Crippen LogP contribution is -2.48. The van der Waals surface area contributed by atoms with Gasteiger partial charge in [-0.25, -0.2) is 9.59 Å². The number of unbranched alkanes of at least 4 members (excludes halogenated alkanes) is 1. The van der Waals surface area contributed by atoms with Crippen molar-refractivity contribution in [2.24, 2.45) is 10.7 Å². The van der Waals surface area contributed by atoms with Crippen molar-refractivity contribution in [1.29, 1.82) is 0 Å². The lowest BCUT2D eigenvalue weighted by Gasteiger charge is -2.31. The summed E-state index contributed by atoms with van der Waals surface area (Å²) in [5.41, 5.74) is 5.44. The molecule has 156 valence electrons. The number of hydrogen-bond acceptors (Lipinski definition) is 5. The van der Waals surface area contributed by atoms with E-state index in [0.717, 1.165) is 25.7 Å². The number of aliphatic imine (C=N–C) groups is 1. The number of carbonyl (C=O) groups is 2. The van der Waals surface area contributed by atoms with Gasteiger partial charge < -0.3 is 30.7 Å². The molecule has 0 radical (unpaired) electrons. The SMILES string of the molecule is CCOC(=O)N1CCC(NC(N)=NCCCCNC(=O)OC(C)(C)C)CC1. The number of ether oxygens (including phenoxy) is 2. The van der Waals surface area contributed by atoms with Crippen LogP contribution in [0, 0.1) is 0 Å². The predicted octanol–water partition coefficient (Wildman–Crippen LogP) is 1.82. The Morgan fingerprint density at radius 2 is 1.89 bits per heavy atom. The number of carbonyl (C=O) groups excluding carboxylic acids is 2. The van der Waals surface area contributed by atoms with E-state index in [1.165, 1.54) is 0 Å². The Kier molecular flexibility index (Phi) is 9.74. The molecule has 0 aromatic rings. The van der Waals surface area contributed by atoms with Crippen molar-refractivity contribution in [2.45, 2.75) is 65.0 Å². The Balaban J connectivity index is 2.12. The van der Waals surface area contributed by atoms with Gasteiger partial charge >= 0.3 is 12.2 Å². The third-order valence-electron chi connectivity index (χ3n) is 3.91. The smallest absolute Gasteiger partial charge is 0.409 e. The highest BCUT2D eigenvalue weighted by molar-refractivity contribution is 5.78. The predicted molar refractivity (Wildman–Crippen MR) is 105 cm³/mol. The summed E-state index contributed by atoms with van der Waals surface area (Å²) in [5.74, 6) is 0.421. The van der Waals surface area contributed by atoms with Crippen molar-refractivity contribution < 1.29 is 19.1 Å². The summed E-state index contributed by atoms with van der Waals surface area (Å²) in [6, 6.07) is 0.216. The van der Waals surface area contributed by atoms with Gasteiger partial charge in [-0.3, -0.25) is 4.99 Å². The second kappa shape index (κ2) is 11.5. The second-order valence-corrected chi connectivity index (χ2v) is 7.51. The number of alkyl carbamates (subject to hydrolysis) is 1. The molecule has 0 saturated carbocycles. The van der Waals surface area contributed by atoms with Crippen molar-refractivity contribution in [1.82, 2.24) is 15.5 Å². The van der Waals surface area contributed by atoms with Crippen LogP contribution in [-0.4, -0.2) is 67.5 Å².